The first-order valence-corrected chi connectivity index (χ1v) is 7.92. The minimum Gasteiger partial charge on any atom is -0.476 e. The van der Waals surface area contributed by atoms with Crippen molar-refractivity contribution < 1.29 is 23.1 Å². The van der Waals surface area contributed by atoms with Crippen molar-refractivity contribution >= 4 is 21.6 Å². The van der Waals surface area contributed by atoms with Gasteiger partial charge in [0.05, 0.1) is 17.2 Å². The molecule has 0 spiro atoms. The molecule has 0 radical (unpaired) electrons. The number of sulfonamides is 1. The summed E-state index contributed by atoms with van der Waals surface area (Å²) >= 11 is 0. The standard InChI is InChI=1S/C13H18N2O5S/c1-8(7-16)15-21(18,19)9-4-5-11-10(6-9)14-12(17)13(2,3)20-11/h4-6,8,15-16H,7H2,1-3H3,(H,14,17)/t8-/m1/s1. The van der Waals surface area contributed by atoms with Crippen molar-refractivity contribution in [3.63, 3.8) is 0 Å². The van der Waals surface area contributed by atoms with E-state index in [-0.39, 0.29) is 17.4 Å². The van der Waals surface area contributed by atoms with Crippen LogP contribution in [0.15, 0.2) is 23.1 Å². The van der Waals surface area contributed by atoms with E-state index in [2.05, 4.69) is 10.0 Å². The van der Waals surface area contributed by atoms with Crippen LogP contribution < -0.4 is 14.8 Å². The number of amides is 1. The average Bonchev–Trinajstić information content (AvgIpc) is 2.38. The summed E-state index contributed by atoms with van der Waals surface area (Å²) < 4.78 is 32.1. The summed E-state index contributed by atoms with van der Waals surface area (Å²) in [7, 11) is -3.77. The molecule has 21 heavy (non-hydrogen) atoms. The van der Waals surface area contributed by atoms with Crippen LogP contribution in [-0.4, -0.2) is 37.7 Å². The van der Waals surface area contributed by atoms with Gasteiger partial charge in [-0.25, -0.2) is 13.1 Å². The molecule has 3 N–H and O–H groups in total. The maximum Gasteiger partial charge on any atom is 0.268 e. The number of rotatable bonds is 4. The molecule has 1 aliphatic rings. The van der Waals surface area contributed by atoms with Crippen LogP contribution in [-0.2, 0) is 14.8 Å². The van der Waals surface area contributed by atoms with Crippen LogP contribution in [0.4, 0.5) is 5.69 Å². The van der Waals surface area contributed by atoms with Crippen LogP contribution in [0.2, 0.25) is 0 Å². The van der Waals surface area contributed by atoms with E-state index in [1.54, 1.807) is 20.8 Å². The quantitative estimate of drug-likeness (QED) is 0.748. The molecule has 8 heteroatoms. The average molecular weight is 314 g/mol. The van der Waals surface area contributed by atoms with Crippen LogP contribution in [0.1, 0.15) is 20.8 Å². The Morgan fingerprint density at radius 2 is 2.10 bits per heavy atom. The number of hydrogen-bond acceptors (Lipinski definition) is 5. The molecule has 7 nitrogen and oxygen atoms in total. The molecule has 0 fully saturated rings. The second-order valence-corrected chi connectivity index (χ2v) is 7.14. The summed E-state index contributed by atoms with van der Waals surface area (Å²) in [5.74, 6) is 0.0648. The summed E-state index contributed by atoms with van der Waals surface area (Å²) in [6.45, 7) is 4.49. The van der Waals surface area contributed by atoms with Gasteiger partial charge in [0.1, 0.15) is 5.75 Å². The molecule has 1 aromatic carbocycles. The third kappa shape index (κ3) is 3.17. The van der Waals surface area contributed by atoms with E-state index in [9.17, 15) is 13.2 Å². The van der Waals surface area contributed by atoms with Gasteiger partial charge in [-0.3, -0.25) is 4.79 Å². The summed E-state index contributed by atoms with van der Waals surface area (Å²) in [6, 6.07) is 3.61. The van der Waals surface area contributed by atoms with Crippen LogP contribution in [0.5, 0.6) is 5.75 Å². The highest BCUT2D eigenvalue weighted by Crippen LogP contribution is 2.35. The minimum atomic E-state index is -3.77. The second kappa shape index (κ2) is 5.28. The molecular formula is C13H18N2O5S. The Morgan fingerprint density at radius 3 is 2.71 bits per heavy atom. The van der Waals surface area contributed by atoms with E-state index in [0.29, 0.717) is 11.4 Å². The van der Waals surface area contributed by atoms with E-state index in [1.807, 2.05) is 0 Å². The Balaban J connectivity index is 2.35. The zero-order valence-corrected chi connectivity index (χ0v) is 12.8. The lowest BCUT2D eigenvalue weighted by atomic mass is 10.1. The first-order valence-electron chi connectivity index (χ1n) is 6.43. The van der Waals surface area contributed by atoms with Crippen LogP contribution >= 0.6 is 0 Å². The van der Waals surface area contributed by atoms with Gasteiger partial charge in [-0.1, -0.05) is 0 Å². The Labute approximate surface area is 123 Å². The van der Waals surface area contributed by atoms with E-state index in [0.717, 1.165) is 0 Å². The van der Waals surface area contributed by atoms with Crippen molar-refractivity contribution in [3.8, 4) is 5.75 Å². The van der Waals surface area contributed by atoms with Crippen molar-refractivity contribution in [3.05, 3.63) is 18.2 Å². The van der Waals surface area contributed by atoms with Crippen LogP contribution in [0, 0.1) is 0 Å². The van der Waals surface area contributed by atoms with Crippen molar-refractivity contribution in [2.75, 3.05) is 11.9 Å². The molecule has 0 aromatic heterocycles. The molecule has 116 valence electrons. The maximum atomic E-state index is 12.1. The summed E-state index contributed by atoms with van der Waals surface area (Å²) in [6.07, 6.45) is 0. The van der Waals surface area contributed by atoms with Gasteiger partial charge in [0.15, 0.2) is 5.60 Å². The number of fused-ring (bicyclic) bond motifs is 1. The number of benzene rings is 1. The minimum absolute atomic E-state index is 0.00911. The van der Waals surface area contributed by atoms with E-state index in [1.165, 1.54) is 18.2 Å². The highest BCUT2D eigenvalue weighted by Gasteiger charge is 2.35. The monoisotopic (exact) mass is 314 g/mol. The number of ether oxygens (including phenoxy) is 1. The number of nitrogens with one attached hydrogen (secondary N) is 2. The van der Waals surface area contributed by atoms with Crippen molar-refractivity contribution in [2.45, 2.75) is 37.3 Å². The molecule has 1 heterocycles. The lowest BCUT2D eigenvalue weighted by Crippen LogP contribution is -2.45. The molecule has 1 atom stereocenters. The molecular weight excluding hydrogens is 296 g/mol. The number of aliphatic hydroxyl groups is 1. The predicted molar refractivity (Wildman–Crippen MR) is 76.6 cm³/mol. The largest absolute Gasteiger partial charge is 0.476 e. The maximum absolute atomic E-state index is 12.1. The second-order valence-electron chi connectivity index (χ2n) is 5.43. The van der Waals surface area contributed by atoms with Crippen LogP contribution in [0.25, 0.3) is 0 Å². The van der Waals surface area contributed by atoms with Gasteiger partial charge < -0.3 is 15.2 Å². The number of anilines is 1. The first kappa shape index (κ1) is 15.7. The first-order chi connectivity index (χ1) is 9.65. The highest BCUT2D eigenvalue weighted by molar-refractivity contribution is 7.89. The molecule has 0 unspecified atom stereocenters. The lowest BCUT2D eigenvalue weighted by molar-refractivity contribution is -0.129. The molecule has 0 saturated carbocycles. The highest BCUT2D eigenvalue weighted by atomic mass is 32.2. The molecule has 0 saturated heterocycles. The van der Waals surface area contributed by atoms with Gasteiger partial charge in [-0.2, -0.15) is 0 Å². The van der Waals surface area contributed by atoms with Crippen LogP contribution in [0.3, 0.4) is 0 Å². The van der Waals surface area contributed by atoms with E-state index in [4.69, 9.17) is 9.84 Å². The van der Waals surface area contributed by atoms with Gasteiger partial charge in [-0.15, -0.1) is 0 Å². The molecule has 1 aliphatic heterocycles. The number of carbonyl (C=O) groups is 1. The molecule has 1 aromatic rings. The summed E-state index contributed by atoms with van der Waals surface area (Å²) in [4.78, 5) is 11.8. The third-order valence-electron chi connectivity index (χ3n) is 3.05. The molecule has 2 rings (SSSR count). The van der Waals surface area contributed by atoms with Crippen molar-refractivity contribution in [2.24, 2.45) is 0 Å². The number of aliphatic hydroxyl groups excluding tert-OH is 1. The number of hydrogen-bond donors (Lipinski definition) is 3. The van der Waals surface area contributed by atoms with E-state index >= 15 is 0 Å². The molecule has 1 amide bonds. The Bertz CT molecular complexity index is 669. The SMILES string of the molecule is C[C@H](CO)NS(=O)(=O)c1ccc2c(c1)NC(=O)C(C)(C)O2. The fraction of sp³-hybridized carbons (Fsp3) is 0.462. The van der Waals surface area contributed by atoms with Gasteiger partial charge in [0.2, 0.25) is 10.0 Å². The smallest absolute Gasteiger partial charge is 0.268 e. The van der Waals surface area contributed by atoms with Gasteiger partial charge >= 0.3 is 0 Å². The van der Waals surface area contributed by atoms with E-state index < -0.39 is 21.7 Å². The number of carbonyl (C=O) groups excluding carboxylic acids is 1. The summed E-state index contributed by atoms with van der Waals surface area (Å²) in [5, 5.41) is 11.5. The topological polar surface area (TPSA) is 105 Å². The summed E-state index contributed by atoms with van der Waals surface area (Å²) in [5.41, 5.74) is -0.698. The fourth-order valence-corrected chi connectivity index (χ4v) is 3.09. The molecule has 0 aliphatic carbocycles. The van der Waals surface area contributed by atoms with Gasteiger partial charge in [0, 0.05) is 6.04 Å². The van der Waals surface area contributed by atoms with Crippen molar-refractivity contribution in [1.29, 1.82) is 0 Å². The Kier molecular flexibility index (Phi) is 3.96. The Morgan fingerprint density at radius 1 is 1.43 bits per heavy atom. The normalized spacial score (nSPS) is 18.4. The fourth-order valence-electron chi connectivity index (χ4n) is 1.83. The van der Waals surface area contributed by atoms with Crippen molar-refractivity contribution in [1.82, 2.24) is 4.72 Å². The van der Waals surface area contributed by atoms with Gasteiger partial charge in [0.25, 0.3) is 5.91 Å². The third-order valence-corrected chi connectivity index (χ3v) is 4.64. The Hall–Kier alpha value is -1.64. The molecule has 0 bridgehead atoms. The lowest BCUT2D eigenvalue weighted by Gasteiger charge is -2.31. The zero-order chi connectivity index (χ0) is 15.8. The predicted octanol–water partition coefficient (Wildman–Crippen LogP) is 0.455. The zero-order valence-electron chi connectivity index (χ0n) is 12.0. The van der Waals surface area contributed by atoms with Gasteiger partial charge in [-0.05, 0) is 39.0 Å².